The number of aromatic nitrogens is 1. The van der Waals surface area contributed by atoms with Crippen molar-refractivity contribution < 1.29 is 14.6 Å². The van der Waals surface area contributed by atoms with E-state index < -0.39 is 11.6 Å². The molecule has 2 heterocycles. The summed E-state index contributed by atoms with van der Waals surface area (Å²) < 4.78 is 5.45. The second kappa shape index (κ2) is 3.34. The average molecular weight is 231 g/mol. The van der Waals surface area contributed by atoms with Crippen molar-refractivity contribution in [3.05, 3.63) is 35.5 Å². The zero-order valence-corrected chi connectivity index (χ0v) is 9.49. The highest BCUT2D eigenvalue weighted by atomic mass is 16.5. The first kappa shape index (κ1) is 10.4. The van der Waals surface area contributed by atoms with Crippen LogP contribution in [0.2, 0.25) is 0 Å². The van der Waals surface area contributed by atoms with Crippen molar-refractivity contribution >= 4 is 16.9 Å². The maximum absolute atomic E-state index is 11.4. The molecular formula is C13H13NO3. The fourth-order valence-electron chi connectivity index (χ4n) is 2.46. The molecule has 1 aliphatic heterocycles. The van der Waals surface area contributed by atoms with Crippen molar-refractivity contribution in [2.45, 2.75) is 18.9 Å². The standard InChI is InChI=1S/C13H13NO3/c1-13(12(15)16)11-9(6-7-17-13)8-4-2-3-5-10(8)14-11/h2-5,14H,6-7H2,1H3,(H,15,16). The molecule has 0 radical (unpaired) electrons. The minimum absolute atomic E-state index is 0.442. The molecule has 0 amide bonds. The Bertz CT molecular complexity index is 602. The molecule has 1 aromatic heterocycles. The number of rotatable bonds is 1. The molecule has 4 nitrogen and oxygen atoms in total. The Morgan fingerprint density at radius 2 is 2.24 bits per heavy atom. The molecule has 1 atom stereocenters. The summed E-state index contributed by atoms with van der Waals surface area (Å²) in [6.45, 7) is 2.04. The molecule has 1 unspecified atom stereocenters. The summed E-state index contributed by atoms with van der Waals surface area (Å²) in [5.74, 6) is -0.954. The van der Waals surface area contributed by atoms with Gasteiger partial charge in [0.15, 0.2) is 0 Å². The molecule has 1 aliphatic rings. The van der Waals surface area contributed by atoms with Crippen LogP contribution in [0.15, 0.2) is 24.3 Å². The Kier molecular flexibility index (Phi) is 2.03. The van der Waals surface area contributed by atoms with E-state index in [4.69, 9.17) is 4.74 Å². The smallest absolute Gasteiger partial charge is 0.341 e. The number of carboxylic acids is 1. The van der Waals surface area contributed by atoms with Crippen LogP contribution in [0.5, 0.6) is 0 Å². The molecule has 2 N–H and O–H groups in total. The fourth-order valence-corrected chi connectivity index (χ4v) is 2.46. The van der Waals surface area contributed by atoms with Crippen molar-refractivity contribution in [2.24, 2.45) is 0 Å². The summed E-state index contributed by atoms with van der Waals surface area (Å²) in [5, 5.41) is 10.4. The molecule has 3 rings (SSSR count). The van der Waals surface area contributed by atoms with Crippen LogP contribution in [0.4, 0.5) is 0 Å². The van der Waals surface area contributed by atoms with Crippen LogP contribution < -0.4 is 0 Å². The molecule has 0 bridgehead atoms. The summed E-state index contributed by atoms with van der Waals surface area (Å²) in [7, 11) is 0. The number of aromatic amines is 1. The van der Waals surface area contributed by atoms with Crippen LogP contribution in [0.3, 0.4) is 0 Å². The Labute approximate surface area is 98.2 Å². The second-order valence-electron chi connectivity index (χ2n) is 4.46. The topological polar surface area (TPSA) is 62.3 Å². The summed E-state index contributed by atoms with van der Waals surface area (Å²) in [4.78, 5) is 14.6. The normalized spacial score (nSPS) is 23.6. The van der Waals surface area contributed by atoms with Gasteiger partial charge in [0.05, 0.1) is 12.3 Å². The number of aliphatic carboxylic acids is 1. The van der Waals surface area contributed by atoms with E-state index in [1.807, 2.05) is 24.3 Å². The van der Waals surface area contributed by atoms with Gasteiger partial charge in [-0.15, -0.1) is 0 Å². The Balaban J connectivity index is 2.31. The molecule has 0 saturated carbocycles. The third-order valence-corrected chi connectivity index (χ3v) is 3.44. The van der Waals surface area contributed by atoms with Gasteiger partial charge in [-0.2, -0.15) is 0 Å². The Hall–Kier alpha value is -1.81. The van der Waals surface area contributed by atoms with E-state index in [0.29, 0.717) is 12.3 Å². The lowest BCUT2D eigenvalue weighted by Gasteiger charge is -2.29. The number of fused-ring (bicyclic) bond motifs is 3. The lowest BCUT2D eigenvalue weighted by Crippen LogP contribution is -2.40. The van der Waals surface area contributed by atoms with Gasteiger partial charge < -0.3 is 14.8 Å². The number of ether oxygens (including phenoxy) is 1. The maximum atomic E-state index is 11.4. The molecule has 17 heavy (non-hydrogen) atoms. The average Bonchev–Trinajstić information content (AvgIpc) is 2.70. The SMILES string of the molecule is CC1(C(=O)O)OCCc2c1[nH]c1ccccc21. The largest absolute Gasteiger partial charge is 0.479 e. The molecular weight excluding hydrogens is 218 g/mol. The number of para-hydroxylation sites is 1. The van der Waals surface area contributed by atoms with Crippen LogP contribution in [-0.2, 0) is 21.6 Å². The van der Waals surface area contributed by atoms with E-state index in [-0.39, 0.29) is 0 Å². The zero-order valence-electron chi connectivity index (χ0n) is 9.49. The lowest BCUT2D eigenvalue weighted by atomic mass is 9.93. The van der Waals surface area contributed by atoms with Crippen LogP contribution in [0, 0.1) is 0 Å². The first-order chi connectivity index (χ1) is 8.13. The molecule has 1 aromatic carbocycles. The minimum Gasteiger partial charge on any atom is -0.479 e. The van der Waals surface area contributed by atoms with Crippen molar-refractivity contribution in [3.8, 4) is 0 Å². The van der Waals surface area contributed by atoms with Crippen LogP contribution in [0.25, 0.3) is 10.9 Å². The molecule has 88 valence electrons. The number of H-pyrrole nitrogens is 1. The predicted molar refractivity (Wildman–Crippen MR) is 62.9 cm³/mol. The molecule has 0 saturated heterocycles. The number of hydrogen-bond acceptors (Lipinski definition) is 2. The van der Waals surface area contributed by atoms with E-state index in [0.717, 1.165) is 22.9 Å². The third kappa shape index (κ3) is 1.31. The number of nitrogens with one attached hydrogen (secondary N) is 1. The van der Waals surface area contributed by atoms with Crippen molar-refractivity contribution in [3.63, 3.8) is 0 Å². The van der Waals surface area contributed by atoms with Gasteiger partial charge in [0.1, 0.15) is 0 Å². The summed E-state index contributed by atoms with van der Waals surface area (Å²) in [5.41, 5.74) is 1.46. The molecule has 4 heteroatoms. The van der Waals surface area contributed by atoms with Crippen molar-refractivity contribution in [1.82, 2.24) is 4.98 Å². The number of carboxylic acid groups (broad SMARTS) is 1. The van der Waals surface area contributed by atoms with E-state index in [1.54, 1.807) is 6.92 Å². The predicted octanol–water partition coefficient (Wildman–Crippen LogP) is 2.04. The van der Waals surface area contributed by atoms with E-state index >= 15 is 0 Å². The minimum atomic E-state index is -1.26. The van der Waals surface area contributed by atoms with E-state index in [9.17, 15) is 9.90 Å². The summed E-state index contributed by atoms with van der Waals surface area (Å²) >= 11 is 0. The van der Waals surface area contributed by atoms with Gasteiger partial charge in [-0.3, -0.25) is 0 Å². The second-order valence-corrected chi connectivity index (χ2v) is 4.46. The first-order valence-electron chi connectivity index (χ1n) is 5.60. The van der Waals surface area contributed by atoms with Gasteiger partial charge in [-0.25, -0.2) is 4.79 Å². The quantitative estimate of drug-likeness (QED) is 0.789. The van der Waals surface area contributed by atoms with Crippen LogP contribution in [0.1, 0.15) is 18.2 Å². The number of carbonyl (C=O) groups is 1. The van der Waals surface area contributed by atoms with Gasteiger partial charge in [-0.1, -0.05) is 18.2 Å². The summed E-state index contributed by atoms with van der Waals surface area (Å²) in [6.07, 6.45) is 0.752. The van der Waals surface area contributed by atoms with Gasteiger partial charge >= 0.3 is 5.97 Å². The van der Waals surface area contributed by atoms with E-state index in [2.05, 4.69) is 4.98 Å². The molecule has 0 fully saturated rings. The Morgan fingerprint density at radius 1 is 1.47 bits per heavy atom. The maximum Gasteiger partial charge on any atom is 0.341 e. The van der Waals surface area contributed by atoms with Gasteiger partial charge in [0.25, 0.3) is 0 Å². The van der Waals surface area contributed by atoms with Gasteiger partial charge in [0, 0.05) is 10.9 Å². The van der Waals surface area contributed by atoms with Gasteiger partial charge in [0.2, 0.25) is 5.60 Å². The summed E-state index contributed by atoms with van der Waals surface area (Å²) in [6, 6.07) is 7.86. The molecule has 2 aromatic rings. The van der Waals surface area contributed by atoms with Crippen LogP contribution >= 0.6 is 0 Å². The third-order valence-electron chi connectivity index (χ3n) is 3.44. The monoisotopic (exact) mass is 231 g/mol. The van der Waals surface area contributed by atoms with Gasteiger partial charge in [-0.05, 0) is 25.0 Å². The number of benzene rings is 1. The zero-order chi connectivity index (χ0) is 12.0. The highest BCUT2D eigenvalue weighted by Gasteiger charge is 2.42. The van der Waals surface area contributed by atoms with E-state index in [1.165, 1.54) is 0 Å². The number of hydrogen-bond donors (Lipinski definition) is 2. The molecule has 0 spiro atoms. The Morgan fingerprint density at radius 3 is 3.00 bits per heavy atom. The van der Waals surface area contributed by atoms with Crippen LogP contribution in [-0.4, -0.2) is 22.7 Å². The van der Waals surface area contributed by atoms with Crippen molar-refractivity contribution in [1.29, 1.82) is 0 Å². The fraction of sp³-hybridized carbons (Fsp3) is 0.308. The first-order valence-corrected chi connectivity index (χ1v) is 5.60. The lowest BCUT2D eigenvalue weighted by molar-refractivity contribution is -0.167. The van der Waals surface area contributed by atoms with Crippen molar-refractivity contribution in [2.75, 3.05) is 6.61 Å². The molecule has 0 aliphatic carbocycles. The highest BCUT2D eigenvalue weighted by Crippen LogP contribution is 2.36. The highest BCUT2D eigenvalue weighted by molar-refractivity contribution is 5.89.